The van der Waals surface area contributed by atoms with Crippen molar-refractivity contribution < 1.29 is 22.7 Å². The number of ether oxygens (including phenoxy) is 2. The van der Waals surface area contributed by atoms with Gasteiger partial charge in [0, 0.05) is 25.4 Å². The summed E-state index contributed by atoms with van der Waals surface area (Å²) in [5.41, 5.74) is 3.05. The van der Waals surface area contributed by atoms with E-state index in [1.165, 1.54) is 7.11 Å². The molecule has 2 aromatic carbocycles. The summed E-state index contributed by atoms with van der Waals surface area (Å²) in [6.45, 7) is 4.64. The Morgan fingerprint density at radius 2 is 2.05 bits per heavy atom. The molecule has 3 aromatic rings. The highest BCUT2D eigenvalue weighted by Gasteiger charge is 2.29. The predicted molar refractivity (Wildman–Crippen MR) is 143 cm³/mol. The summed E-state index contributed by atoms with van der Waals surface area (Å²) in [5, 5.41) is 0.801. The summed E-state index contributed by atoms with van der Waals surface area (Å²) in [6, 6.07) is 12.7. The van der Waals surface area contributed by atoms with Gasteiger partial charge in [0.2, 0.25) is 10.0 Å². The number of carbonyl (C=O) groups is 1. The number of aromatic nitrogens is 2. The molecule has 8 nitrogen and oxygen atoms in total. The van der Waals surface area contributed by atoms with Gasteiger partial charge in [0.15, 0.2) is 5.16 Å². The molecule has 2 aliphatic rings. The second-order valence-electron chi connectivity index (χ2n) is 9.88. The highest BCUT2D eigenvalue weighted by atomic mass is 32.2. The Morgan fingerprint density at radius 1 is 1.19 bits per heavy atom. The minimum Gasteiger partial charge on any atom is -0.465 e. The van der Waals surface area contributed by atoms with Crippen LogP contribution in [0.2, 0.25) is 0 Å². The molecule has 0 N–H and O–H groups in total. The number of methoxy groups -OCH3 is 1. The third-order valence-electron chi connectivity index (χ3n) is 7.07. The summed E-state index contributed by atoms with van der Waals surface area (Å²) < 4.78 is 41.3. The van der Waals surface area contributed by atoms with Gasteiger partial charge >= 0.3 is 5.97 Å². The molecule has 0 radical (unpaired) electrons. The molecule has 0 spiro atoms. The van der Waals surface area contributed by atoms with Crippen molar-refractivity contribution in [2.24, 2.45) is 5.92 Å². The lowest BCUT2D eigenvalue weighted by Gasteiger charge is -2.30. The maximum atomic E-state index is 13.4. The number of benzene rings is 2. The first kappa shape index (κ1) is 26.2. The maximum Gasteiger partial charge on any atom is 0.337 e. The van der Waals surface area contributed by atoms with Crippen molar-refractivity contribution in [1.82, 2.24) is 13.9 Å². The lowest BCUT2D eigenvalue weighted by Crippen LogP contribution is -2.39. The molecule has 2 saturated heterocycles. The number of sulfonamides is 1. The van der Waals surface area contributed by atoms with E-state index in [-0.39, 0.29) is 17.0 Å². The van der Waals surface area contributed by atoms with Crippen LogP contribution in [0, 0.1) is 5.92 Å². The molecule has 3 heterocycles. The van der Waals surface area contributed by atoms with Crippen molar-refractivity contribution >= 4 is 38.8 Å². The first-order valence-corrected chi connectivity index (χ1v) is 15.2. The highest BCUT2D eigenvalue weighted by Crippen LogP contribution is 2.31. The zero-order valence-corrected chi connectivity index (χ0v) is 22.9. The van der Waals surface area contributed by atoms with E-state index in [0.717, 1.165) is 48.5 Å². The number of thioether (sulfide) groups is 1. The van der Waals surface area contributed by atoms with Crippen LogP contribution in [-0.4, -0.2) is 61.2 Å². The van der Waals surface area contributed by atoms with Crippen LogP contribution in [-0.2, 0) is 31.8 Å². The average Bonchev–Trinajstić information content (AvgIpc) is 3.55. The molecule has 0 amide bonds. The van der Waals surface area contributed by atoms with E-state index in [9.17, 15) is 13.2 Å². The smallest absolute Gasteiger partial charge is 0.337 e. The minimum atomic E-state index is -3.57. The highest BCUT2D eigenvalue weighted by molar-refractivity contribution is 7.98. The first-order chi connectivity index (χ1) is 17.8. The van der Waals surface area contributed by atoms with Crippen molar-refractivity contribution in [3.8, 4) is 0 Å². The Kier molecular flexibility index (Phi) is 7.90. The third-order valence-corrected chi connectivity index (χ3v) is 9.98. The molecule has 0 aliphatic carbocycles. The van der Waals surface area contributed by atoms with Gasteiger partial charge in [-0.2, -0.15) is 4.31 Å². The zero-order valence-electron chi connectivity index (χ0n) is 21.3. The fraction of sp³-hybridized carbons (Fsp3) is 0.481. The van der Waals surface area contributed by atoms with Crippen LogP contribution in [0.1, 0.15) is 48.5 Å². The fourth-order valence-corrected chi connectivity index (χ4v) is 7.68. The van der Waals surface area contributed by atoms with E-state index < -0.39 is 10.0 Å². The molecule has 0 unspecified atom stereocenters. The van der Waals surface area contributed by atoms with E-state index >= 15 is 0 Å². The number of esters is 1. The molecule has 1 aromatic heterocycles. The SMILES string of the molecule is COC(=O)c1cccc(CSc2nc3cc(S(=O)(=O)N4CCC[C@H](C)C4)ccc3n2C[C@@H]2CCCO2)c1. The monoisotopic (exact) mass is 543 g/mol. The zero-order chi connectivity index (χ0) is 26.0. The van der Waals surface area contributed by atoms with E-state index in [0.29, 0.717) is 42.4 Å². The molecular formula is C27H33N3O5S2. The third kappa shape index (κ3) is 5.72. The number of fused-ring (bicyclic) bond motifs is 1. The van der Waals surface area contributed by atoms with Crippen molar-refractivity contribution in [2.45, 2.75) is 61.1 Å². The second-order valence-corrected chi connectivity index (χ2v) is 12.8. The van der Waals surface area contributed by atoms with Crippen LogP contribution in [0.25, 0.3) is 11.0 Å². The van der Waals surface area contributed by atoms with Crippen molar-refractivity contribution in [3.05, 3.63) is 53.6 Å². The Balaban J connectivity index is 1.45. The topological polar surface area (TPSA) is 90.7 Å². The van der Waals surface area contributed by atoms with Gasteiger partial charge < -0.3 is 14.0 Å². The quantitative estimate of drug-likeness (QED) is 0.300. The molecule has 5 rings (SSSR count). The first-order valence-electron chi connectivity index (χ1n) is 12.8. The molecule has 0 saturated carbocycles. The molecule has 2 fully saturated rings. The van der Waals surface area contributed by atoms with E-state index in [2.05, 4.69) is 11.5 Å². The maximum absolute atomic E-state index is 13.4. The second kappa shape index (κ2) is 11.1. The summed E-state index contributed by atoms with van der Waals surface area (Å²) in [7, 11) is -2.20. The van der Waals surface area contributed by atoms with Gasteiger partial charge in [0.1, 0.15) is 0 Å². The Labute approximate surface area is 222 Å². The molecular weight excluding hydrogens is 510 g/mol. The molecule has 2 atom stereocenters. The van der Waals surface area contributed by atoms with E-state index in [1.807, 2.05) is 24.3 Å². The molecule has 198 valence electrons. The Morgan fingerprint density at radius 3 is 2.81 bits per heavy atom. The largest absolute Gasteiger partial charge is 0.465 e. The van der Waals surface area contributed by atoms with Gasteiger partial charge in [-0.05, 0) is 67.5 Å². The average molecular weight is 544 g/mol. The van der Waals surface area contributed by atoms with Crippen LogP contribution in [0.4, 0.5) is 0 Å². The van der Waals surface area contributed by atoms with Gasteiger partial charge in [0.25, 0.3) is 0 Å². The van der Waals surface area contributed by atoms with Gasteiger partial charge in [0.05, 0.1) is 41.3 Å². The fourth-order valence-electron chi connectivity index (χ4n) is 5.09. The number of piperidine rings is 1. The number of hydrogen-bond acceptors (Lipinski definition) is 7. The minimum absolute atomic E-state index is 0.109. The standard InChI is InChI=1S/C27H33N3O5S2/c1-19-6-4-12-29(16-19)37(32,33)23-10-11-25-24(15-23)28-27(30(25)17-22-9-5-13-35-22)36-18-20-7-3-8-21(14-20)26(31)34-2/h3,7-8,10-11,14-15,19,22H,4-6,9,12-13,16-18H2,1-2H3/t19-,22-/m0/s1. The van der Waals surface area contributed by atoms with Crippen LogP contribution in [0.5, 0.6) is 0 Å². The summed E-state index contributed by atoms with van der Waals surface area (Å²) in [6.07, 6.45) is 4.08. The van der Waals surface area contributed by atoms with Crippen molar-refractivity contribution in [2.75, 3.05) is 26.8 Å². The van der Waals surface area contributed by atoms with Crippen LogP contribution in [0.15, 0.2) is 52.5 Å². The summed E-state index contributed by atoms with van der Waals surface area (Å²) >= 11 is 1.56. The van der Waals surface area contributed by atoms with Crippen LogP contribution < -0.4 is 0 Å². The van der Waals surface area contributed by atoms with Gasteiger partial charge in [-0.25, -0.2) is 18.2 Å². The number of rotatable bonds is 8. The van der Waals surface area contributed by atoms with Crippen molar-refractivity contribution in [3.63, 3.8) is 0 Å². The predicted octanol–water partition coefficient (Wildman–Crippen LogP) is 4.71. The molecule has 2 aliphatic heterocycles. The molecule has 37 heavy (non-hydrogen) atoms. The summed E-state index contributed by atoms with van der Waals surface area (Å²) in [4.78, 5) is 17.1. The Bertz CT molecular complexity index is 1380. The number of imidazole rings is 1. The van der Waals surface area contributed by atoms with Gasteiger partial charge in [-0.15, -0.1) is 0 Å². The van der Waals surface area contributed by atoms with Crippen molar-refractivity contribution in [1.29, 1.82) is 0 Å². The number of carbonyl (C=O) groups excluding carboxylic acids is 1. The lowest BCUT2D eigenvalue weighted by molar-refractivity contribution is 0.0600. The van der Waals surface area contributed by atoms with Crippen LogP contribution in [0.3, 0.4) is 0 Å². The lowest BCUT2D eigenvalue weighted by atomic mass is 10.0. The van der Waals surface area contributed by atoms with Gasteiger partial charge in [-0.1, -0.05) is 30.8 Å². The normalized spacial score (nSPS) is 20.9. The molecule has 0 bridgehead atoms. The number of nitrogens with zero attached hydrogens (tertiary/aromatic N) is 3. The van der Waals surface area contributed by atoms with Gasteiger partial charge in [-0.3, -0.25) is 0 Å². The Hall–Kier alpha value is -2.40. The summed E-state index contributed by atoms with van der Waals surface area (Å²) in [5.74, 6) is 0.601. The van der Waals surface area contributed by atoms with Crippen LogP contribution >= 0.6 is 11.8 Å². The van der Waals surface area contributed by atoms with E-state index in [4.69, 9.17) is 14.5 Å². The molecule has 10 heteroatoms. The number of hydrogen-bond donors (Lipinski definition) is 0. The van der Waals surface area contributed by atoms with E-state index in [1.54, 1.807) is 34.3 Å².